The minimum atomic E-state index is -1.60. The van der Waals surface area contributed by atoms with E-state index in [2.05, 4.69) is 65.4 Å². The lowest BCUT2D eigenvalue weighted by atomic mass is 10.2. The Morgan fingerprint density at radius 2 is 1.27 bits per heavy atom. The minimum Gasteiger partial charge on any atom is -0.323 e. The van der Waals surface area contributed by atoms with Crippen LogP contribution >= 0.6 is 0 Å². The van der Waals surface area contributed by atoms with E-state index in [1.165, 1.54) is 6.04 Å². The van der Waals surface area contributed by atoms with Crippen molar-refractivity contribution in [3.8, 4) is 0 Å². The lowest BCUT2D eigenvalue weighted by Gasteiger charge is -2.45. The molecule has 0 rings (SSSR count). The number of rotatable bonds is 5. The highest BCUT2D eigenvalue weighted by Crippen LogP contribution is 2.35. The first-order chi connectivity index (χ1) is 6.64. The van der Waals surface area contributed by atoms with Gasteiger partial charge in [0.25, 0.3) is 0 Å². The van der Waals surface area contributed by atoms with Crippen molar-refractivity contribution in [3.63, 3.8) is 0 Å². The molecule has 0 bridgehead atoms. The van der Waals surface area contributed by atoms with Crippen LogP contribution in [0.5, 0.6) is 0 Å². The van der Waals surface area contributed by atoms with Gasteiger partial charge >= 0.3 is 0 Å². The van der Waals surface area contributed by atoms with Crippen LogP contribution in [0.3, 0.4) is 0 Å². The van der Waals surface area contributed by atoms with E-state index >= 15 is 0 Å². The molecule has 2 nitrogen and oxygen atoms in total. The first kappa shape index (κ1) is 15.1. The third-order valence-corrected chi connectivity index (χ3v) is 8.64. The van der Waals surface area contributed by atoms with Crippen LogP contribution in [-0.4, -0.2) is 20.5 Å². The standard InChI is InChI=1S/C12H30N2Si/c1-9-15(12(6,7)8,13-10(2)3)14-11(4)5/h10-11,13-14H,9H2,1-8H3. The van der Waals surface area contributed by atoms with Crippen LogP contribution in [0.15, 0.2) is 0 Å². The Bertz CT molecular complexity index is 173. The zero-order chi connectivity index (χ0) is 12.3. The van der Waals surface area contributed by atoms with Crippen molar-refractivity contribution in [2.24, 2.45) is 0 Å². The molecule has 0 atom stereocenters. The molecular formula is C12H30N2Si. The summed E-state index contributed by atoms with van der Waals surface area (Å²) in [4.78, 5) is 7.68. The van der Waals surface area contributed by atoms with E-state index in [-0.39, 0.29) is 0 Å². The Kier molecular flexibility index (Phi) is 5.51. The summed E-state index contributed by atoms with van der Waals surface area (Å²) in [5, 5.41) is 0.344. The summed E-state index contributed by atoms with van der Waals surface area (Å²) in [5.41, 5.74) is 0. The molecule has 15 heavy (non-hydrogen) atoms. The molecule has 0 heterocycles. The van der Waals surface area contributed by atoms with Gasteiger partial charge in [-0.3, -0.25) is 0 Å². The van der Waals surface area contributed by atoms with Crippen molar-refractivity contribution in [1.82, 2.24) is 9.96 Å². The molecule has 0 aromatic heterocycles. The predicted molar refractivity (Wildman–Crippen MR) is 72.5 cm³/mol. The summed E-state index contributed by atoms with van der Waals surface area (Å²) in [6.45, 7) is 18.3. The molecule has 92 valence electrons. The Hall–Kier alpha value is 0.137. The minimum absolute atomic E-state index is 0.344. The molecule has 0 amide bonds. The second-order valence-corrected chi connectivity index (χ2v) is 10.7. The van der Waals surface area contributed by atoms with Crippen molar-refractivity contribution in [2.45, 2.75) is 78.6 Å². The maximum Gasteiger partial charge on any atom is 0.207 e. The fraction of sp³-hybridized carbons (Fsp3) is 1.00. The molecule has 2 N–H and O–H groups in total. The molecule has 0 aliphatic carbocycles. The van der Waals surface area contributed by atoms with Gasteiger partial charge in [0.1, 0.15) is 0 Å². The fourth-order valence-corrected chi connectivity index (χ4v) is 6.58. The van der Waals surface area contributed by atoms with Gasteiger partial charge in [-0.15, -0.1) is 0 Å². The quantitative estimate of drug-likeness (QED) is 0.709. The van der Waals surface area contributed by atoms with E-state index in [4.69, 9.17) is 0 Å². The molecule has 0 saturated heterocycles. The first-order valence-electron chi connectivity index (χ1n) is 6.20. The van der Waals surface area contributed by atoms with Gasteiger partial charge in [0.2, 0.25) is 8.40 Å². The zero-order valence-electron chi connectivity index (χ0n) is 11.9. The molecule has 0 saturated carbocycles. The van der Waals surface area contributed by atoms with E-state index < -0.39 is 8.40 Å². The predicted octanol–water partition coefficient (Wildman–Crippen LogP) is 3.24. The molecule has 0 aliphatic rings. The molecule has 0 aromatic carbocycles. The van der Waals surface area contributed by atoms with E-state index in [1.54, 1.807) is 0 Å². The summed E-state index contributed by atoms with van der Waals surface area (Å²) in [5.74, 6) is 0. The van der Waals surface area contributed by atoms with Crippen molar-refractivity contribution in [3.05, 3.63) is 0 Å². The Morgan fingerprint density at radius 3 is 1.40 bits per heavy atom. The molecule has 0 aliphatic heterocycles. The number of hydrogen-bond acceptors (Lipinski definition) is 2. The van der Waals surface area contributed by atoms with Crippen LogP contribution in [0.4, 0.5) is 0 Å². The van der Waals surface area contributed by atoms with Crippen LogP contribution in [0, 0.1) is 0 Å². The second-order valence-electron chi connectivity index (χ2n) is 6.11. The van der Waals surface area contributed by atoms with E-state index in [9.17, 15) is 0 Å². The van der Waals surface area contributed by atoms with Crippen LogP contribution in [-0.2, 0) is 0 Å². The SMILES string of the molecule is CC[Si](NC(C)C)(NC(C)C)C(C)(C)C. The third kappa shape index (κ3) is 4.25. The first-order valence-corrected chi connectivity index (χ1v) is 8.40. The Labute approximate surface area is 97.4 Å². The van der Waals surface area contributed by atoms with Crippen LogP contribution < -0.4 is 9.96 Å². The monoisotopic (exact) mass is 230 g/mol. The van der Waals surface area contributed by atoms with Gasteiger partial charge in [-0.1, -0.05) is 55.4 Å². The van der Waals surface area contributed by atoms with Crippen molar-refractivity contribution in [1.29, 1.82) is 0 Å². The van der Waals surface area contributed by atoms with Crippen molar-refractivity contribution in [2.75, 3.05) is 0 Å². The van der Waals surface area contributed by atoms with Crippen molar-refractivity contribution < 1.29 is 0 Å². The molecular weight excluding hydrogens is 200 g/mol. The third-order valence-electron chi connectivity index (χ3n) is 2.88. The van der Waals surface area contributed by atoms with E-state index in [0.717, 1.165) is 0 Å². The topological polar surface area (TPSA) is 24.1 Å². The molecule has 0 spiro atoms. The van der Waals surface area contributed by atoms with E-state index in [0.29, 0.717) is 17.1 Å². The molecule has 0 fully saturated rings. The molecule has 0 radical (unpaired) electrons. The summed E-state index contributed by atoms with van der Waals surface area (Å²) in [6, 6.07) is 2.34. The maximum atomic E-state index is 3.84. The maximum absolute atomic E-state index is 3.84. The average Bonchev–Trinajstić information content (AvgIpc) is 1.98. The summed E-state index contributed by atoms with van der Waals surface area (Å²) in [6.07, 6.45) is 0. The molecule has 3 heteroatoms. The molecule has 0 unspecified atom stereocenters. The fourth-order valence-electron chi connectivity index (χ4n) is 2.19. The Morgan fingerprint density at radius 1 is 0.933 bits per heavy atom. The van der Waals surface area contributed by atoms with Crippen LogP contribution in [0.25, 0.3) is 0 Å². The van der Waals surface area contributed by atoms with Gasteiger partial charge in [-0.25, -0.2) is 0 Å². The lowest BCUT2D eigenvalue weighted by molar-refractivity contribution is 0.572. The van der Waals surface area contributed by atoms with Crippen LogP contribution in [0.2, 0.25) is 11.1 Å². The van der Waals surface area contributed by atoms with Crippen molar-refractivity contribution >= 4 is 8.40 Å². The largest absolute Gasteiger partial charge is 0.323 e. The summed E-state index contributed by atoms with van der Waals surface area (Å²) in [7, 11) is -1.60. The molecule has 0 aromatic rings. The summed E-state index contributed by atoms with van der Waals surface area (Å²) < 4.78 is 0. The van der Waals surface area contributed by atoms with E-state index in [1.807, 2.05) is 0 Å². The zero-order valence-corrected chi connectivity index (χ0v) is 12.9. The highest BCUT2D eigenvalue weighted by atomic mass is 28.3. The Balaban J connectivity index is 4.93. The average molecular weight is 230 g/mol. The highest BCUT2D eigenvalue weighted by Gasteiger charge is 2.44. The number of nitrogens with one attached hydrogen (secondary N) is 2. The van der Waals surface area contributed by atoms with Gasteiger partial charge in [0.05, 0.1) is 0 Å². The smallest absolute Gasteiger partial charge is 0.207 e. The highest BCUT2D eigenvalue weighted by molar-refractivity contribution is 6.78. The van der Waals surface area contributed by atoms with Gasteiger partial charge < -0.3 is 9.96 Å². The lowest BCUT2D eigenvalue weighted by Crippen LogP contribution is -2.70. The van der Waals surface area contributed by atoms with Gasteiger partial charge in [-0.2, -0.15) is 0 Å². The summed E-state index contributed by atoms with van der Waals surface area (Å²) >= 11 is 0. The second kappa shape index (κ2) is 5.46. The van der Waals surface area contributed by atoms with Gasteiger partial charge in [-0.05, 0) is 23.2 Å². The normalized spacial score (nSPS) is 14.0. The van der Waals surface area contributed by atoms with Gasteiger partial charge in [0.15, 0.2) is 0 Å². The van der Waals surface area contributed by atoms with Gasteiger partial charge in [0, 0.05) is 0 Å². The number of hydrogen-bond donors (Lipinski definition) is 2. The van der Waals surface area contributed by atoms with Crippen LogP contribution in [0.1, 0.15) is 55.4 Å².